The first kappa shape index (κ1) is 17.2. The molecule has 4 rings (SSSR count). The molecular weight excluding hydrogens is 350 g/mol. The van der Waals surface area contributed by atoms with E-state index in [-0.39, 0.29) is 4.90 Å². The highest BCUT2D eigenvalue weighted by atomic mass is 32.2. The van der Waals surface area contributed by atoms with Crippen LogP contribution >= 0.6 is 0 Å². The Labute approximate surface area is 153 Å². The minimum absolute atomic E-state index is 0.241. The largest absolute Gasteiger partial charge is 0.364 e. The average molecular weight is 373 g/mol. The van der Waals surface area contributed by atoms with Crippen molar-refractivity contribution in [1.29, 1.82) is 0 Å². The van der Waals surface area contributed by atoms with E-state index in [1.807, 2.05) is 0 Å². The van der Waals surface area contributed by atoms with Crippen LogP contribution in [-0.4, -0.2) is 37.6 Å². The summed E-state index contributed by atoms with van der Waals surface area (Å²) in [7, 11) is -3.74. The van der Waals surface area contributed by atoms with Crippen LogP contribution in [0.15, 0.2) is 41.6 Å². The van der Waals surface area contributed by atoms with E-state index in [0.717, 1.165) is 31.7 Å². The van der Waals surface area contributed by atoms with Gasteiger partial charge in [0.15, 0.2) is 20.4 Å². The monoisotopic (exact) mass is 373 g/mol. The van der Waals surface area contributed by atoms with Gasteiger partial charge in [0.1, 0.15) is 18.2 Å². The molecule has 3 heterocycles. The molecular formula is C18H23N5O2S. The average Bonchev–Trinajstić information content (AvgIpc) is 2.95. The summed E-state index contributed by atoms with van der Waals surface area (Å²) in [5.74, 6) is 0.747. The highest BCUT2D eigenvalue weighted by Crippen LogP contribution is 2.47. The SMILES string of the molecule is CC1(S(=O)(=O)c2ccccc2)c2ncnc(N3CCCCC3)c2NC1N. The molecule has 2 aliphatic rings. The molecule has 1 aromatic heterocycles. The zero-order valence-electron chi connectivity index (χ0n) is 14.7. The van der Waals surface area contributed by atoms with Gasteiger partial charge < -0.3 is 16.0 Å². The Morgan fingerprint density at radius 3 is 2.54 bits per heavy atom. The number of sulfone groups is 1. The summed E-state index contributed by atoms with van der Waals surface area (Å²) in [6.45, 7) is 3.46. The van der Waals surface area contributed by atoms with Gasteiger partial charge in [-0.2, -0.15) is 0 Å². The predicted octanol–water partition coefficient (Wildman–Crippen LogP) is 1.87. The van der Waals surface area contributed by atoms with Gasteiger partial charge in [-0.3, -0.25) is 0 Å². The lowest BCUT2D eigenvalue weighted by atomic mass is 10.1. The number of piperidine rings is 1. The Hall–Kier alpha value is -2.19. The third-order valence-corrected chi connectivity index (χ3v) is 7.91. The zero-order chi connectivity index (χ0) is 18.4. The molecule has 1 saturated heterocycles. The fraction of sp³-hybridized carbons (Fsp3) is 0.444. The molecule has 0 spiro atoms. The van der Waals surface area contributed by atoms with Gasteiger partial charge >= 0.3 is 0 Å². The first-order valence-corrected chi connectivity index (χ1v) is 10.4. The Morgan fingerprint density at radius 2 is 1.85 bits per heavy atom. The summed E-state index contributed by atoms with van der Waals surface area (Å²) in [5, 5.41) is 3.16. The number of rotatable bonds is 3. The number of fused-ring (bicyclic) bond motifs is 1. The number of nitrogens with zero attached hydrogens (tertiary/aromatic N) is 3. The molecule has 0 amide bonds. The van der Waals surface area contributed by atoms with E-state index >= 15 is 0 Å². The summed E-state index contributed by atoms with van der Waals surface area (Å²) in [6, 6.07) is 8.41. The smallest absolute Gasteiger partial charge is 0.192 e. The molecule has 3 N–H and O–H groups in total. The van der Waals surface area contributed by atoms with Crippen LogP contribution < -0.4 is 16.0 Å². The Kier molecular flexibility index (Phi) is 4.11. The van der Waals surface area contributed by atoms with E-state index < -0.39 is 20.8 Å². The summed E-state index contributed by atoms with van der Waals surface area (Å²) in [5.41, 5.74) is 7.40. The van der Waals surface area contributed by atoms with E-state index in [1.165, 1.54) is 12.7 Å². The van der Waals surface area contributed by atoms with Gasteiger partial charge in [-0.15, -0.1) is 0 Å². The number of hydrogen-bond donors (Lipinski definition) is 2. The molecule has 26 heavy (non-hydrogen) atoms. The van der Waals surface area contributed by atoms with Crippen molar-refractivity contribution < 1.29 is 8.42 Å². The van der Waals surface area contributed by atoms with Crippen molar-refractivity contribution in [3.8, 4) is 0 Å². The molecule has 2 atom stereocenters. The van der Waals surface area contributed by atoms with Crippen LogP contribution in [0.2, 0.25) is 0 Å². The number of anilines is 2. The van der Waals surface area contributed by atoms with Crippen LogP contribution in [0.4, 0.5) is 11.5 Å². The molecule has 2 aromatic rings. The topological polar surface area (TPSA) is 101 Å². The van der Waals surface area contributed by atoms with Crippen molar-refractivity contribution in [1.82, 2.24) is 9.97 Å². The lowest BCUT2D eigenvalue weighted by Crippen LogP contribution is -2.49. The molecule has 0 aliphatic carbocycles. The standard InChI is InChI=1S/C18H23N5O2S/c1-18(26(24,25)13-8-4-2-5-9-13)15-14(22-17(18)19)16(21-12-20-15)23-10-6-3-7-11-23/h2,4-5,8-9,12,17,22H,3,6-7,10-11,19H2,1H3. The van der Waals surface area contributed by atoms with E-state index in [9.17, 15) is 8.42 Å². The van der Waals surface area contributed by atoms with Gasteiger partial charge in [0.2, 0.25) is 0 Å². The Balaban J connectivity index is 1.84. The maximum atomic E-state index is 13.4. The predicted molar refractivity (Wildman–Crippen MR) is 101 cm³/mol. The lowest BCUT2D eigenvalue weighted by Gasteiger charge is -2.29. The Bertz CT molecular complexity index is 912. The second kappa shape index (κ2) is 6.21. The second-order valence-corrected chi connectivity index (χ2v) is 9.34. The molecule has 1 aromatic carbocycles. The number of aromatic nitrogens is 2. The van der Waals surface area contributed by atoms with Crippen molar-refractivity contribution >= 4 is 21.3 Å². The number of hydrogen-bond acceptors (Lipinski definition) is 7. The first-order valence-electron chi connectivity index (χ1n) is 8.88. The maximum absolute atomic E-state index is 13.4. The molecule has 0 radical (unpaired) electrons. The maximum Gasteiger partial charge on any atom is 0.192 e. The van der Waals surface area contributed by atoms with Crippen LogP contribution in [-0.2, 0) is 14.6 Å². The van der Waals surface area contributed by atoms with Crippen molar-refractivity contribution in [2.24, 2.45) is 5.73 Å². The quantitative estimate of drug-likeness (QED) is 0.847. The first-order chi connectivity index (χ1) is 12.5. The van der Waals surface area contributed by atoms with E-state index in [1.54, 1.807) is 37.3 Å². The van der Waals surface area contributed by atoms with Crippen LogP contribution in [0.3, 0.4) is 0 Å². The minimum Gasteiger partial charge on any atom is -0.364 e. The fourth-order valence-corrected chi connectivity index (χ4v) is 5.62. The molecule has 7 nitrogen and oxygen atoms in total. The molecule has 8 heteroatoms. The molecule has 138 valence electrons. The van der Waals surface area contributed by atoms with Gasteiger partial charge in [0, 0.05) is 13.1 Å². The van der Waals surface area contributed by atoms with E-state index in [4.69, 9.17) is 5.73 Å². The Morgan fingerprint density at radius 1 is 1.15 bits per heavy atom. The summed E-state index contributed by atoms with van der Waals surface area (Å²) in [6.07, 6.45) is 4.05. The number of benzene rings is 1. The minimum atomic E-state index is -3.74. The van der Waals surface area contributed by atoms with Gasteiger partial charge in [-0.25, -0.2) is 18.4 Å². The van der Waals surface area contributed by atoms with E-state index in [0.29, 0.717) is 11.4 Å². The summed E-state index contributed by atoms with van der Waals surface area (Å²) >= 11 is 0. The van der Waals surface area contributed by atoms with Crippen molar-refractivity contribution in [3.05, 3.63) is 42.4 Å². The van der Waals surface area contributed by atoms with Crippen LogP contribution in [0.5, 0.6) is 0 Å². The summed E-state index contributed by atoms with van der Waals surface area (Å²) in [4.78, 5) is 11.2. The van der Waals surface area contributed by atoms with Gasteiger partial charge in [-0.1, -0.05) is 18.2 Å². The van der Waals surface area contributed by atoms with Crippen molar-refractivity contribution in [2.45, 2.75) is 42.0 Å². The normalized spacial score (nSPS) is 25.6. The van der Waals surface area contributed by atoms with Crippen LogP contribution in [0, 0.1) is 0 Å². The fourth-order valence-electron chi connectivity index (χ4n) is 3.81. The molecule has 1 fully saturated rings. The van der Waals surface area contributed by atoms with Crippen LogP contribution in [0.25, 0.3) is 0 Å². The van der Waals surface area contributed by atoms with Gasteiger partial charge in [0.25, 0.3) is 0 Å². The zero-order valence-corrected chi connectivity index (χ0v) is 15.5. The lowest BCUT2D eigenvalue weighted by molar-refractivity contribution is 0.505. The van der Waals surface area contributed by atoms with Crippen molar-refractivity contribution in [2.75, 3.05) is 23.3 Å². The van der Waals surface area contributed by atoms with Crippen molar-refractivity contribution in [3.63, 3.8) is 0 Å². The highest BCUT2D eigenvalue weighted by molar-refractivity contribution is 7.92. The molecule has 2 aliphatic heterocycles. The van der Waals surface area contributed by atoms with Gasteiger partial charge in [-0.05, 0) is 38.3 Å². The van der Waals surface area contributed by atoms with Gasteiger partial charge in [0.05, 0.1) is 10.6 Å². The molecule has 2 unspecified atom stereocenters. The third kappa shape index (κ3) is 2.39. The summed E-state index contributed by atoms with van der Waals surface area (Å²) < 4.78 is 25.5. The number of nitrogens with two attached hydrogens (primary N) is 1. The van der Waals surface area contributed by atoms with Crippen LogP contribution in [0.1, 0.15) is 31.9 Å². The van der Waals surface area contributed by atoms with E-state index in [2.05, 4.69) is 20.2 Å². The molecule has 0 saturated carbocycles. The molecule has 0 bridgehead atoms. The number of nitrogens with one attached hydrogen (secondary N) is 1. The third-order valence-electron chi connectivity index (χ3n) is 5.46. The highest BCUT2D eigenvalue weighted by Gasteiger charge is 2.54. The second-order valence-electron chi connectivity index (χ2n) is 7.01.